The summed E-state index contributed by atoms with van der Waals surface area (Å²) in [5, 5.41) is 5.21. The Kier molecular flexibility index (Phi) is 3.76. The lowest BCUT2D eigenvalue weighted by atomic mass is 10.5. The van der Waals surface area contributed by atoms with Gasteiger partial charge in [-0.15, -0.1) is 11.3 Å². The van der Waals surface area contributed by atoms with Crippen molar-refractivity contribution in [1.29, 1.82) is 0 Å². The van der Waals surface area contributed by atoms with Gasteiger partial charge < -0.3 is 5.32 Å². The molecule has 1 aromatic rings. The van der Waals surface area contributed by atoms with Crippen LogP contribution < -0.4 is 5.32 Å². The van der Waals surface area contributed by atoms with E-state index in [1.807, 2.05) is 0 Å². The first-order valence-corrected chi connectivity index (χ1v) is 5.18. The lowest BCUT2D eigenvalue weighted by Gasteiger charge is -1.94. The smallest absolute Gasteiger partial charge is 0.0390 e. The molecule has 1 aromatic heterocycles. The van der Waals surface area contributed by atoms with Crippen molar-refractivity contribution in [2.75, 3.05) is 5.88 Å². The van der Waals surface area contributed by atoms with E-state index < -0.39 is 0 Å². The van der Waals surface area contributed by atoms with Gasteiger partial charge in [-0.3, -0.25) is 0 Å². The number of nitrogens with one attached hydrogen (secondary N) is 1. The molecule has 0 amide bonds. The molecule has 1 N–H and O–H groups in total. The molecule has 0 radical (unpaired) electrons. The summed E-state index contributed by atoms with van der Waals surface area (Å²) >= 11 is 9.17. The predicted octanol–water partition coefficient (Wildman–Crippen LogP) is 2.49. The zero-order chi connectivity index (χ0) is 7.40. The molecule has 4 heteroatoms. The lowest BCUT2D eigenvalue weighted by Crippen LogP contribution is -2.08. The molecule has 0 saturated carbocycles. The fraction of sp³-hybridized carbons (Fsp3) is 0.333. The average Bonchev–Trinajstić information content (AvgIpc) is 2.31. The molecular weight excluding hydrogens is 230 g/mol. The van der Waals surface area contributed by atoms with Crippen LogP contribution in [-0.2, 0) is 6.54 Å². The minimum Gasteiger partial charge on any atom is -0.303 e. The number of thiophene rings is 1. The number of thiol groups is 1. The number of hydrogen-bond donors (Lipinski definition) is 2. The van der Waals surface area contributed by atoms with E-state index in [4.69, 9.17) is 0 Å². The van der Waals surface area contributed by atoms with Gasteiger partial charge in [-0.2, -0.15) is 12.6 Å². The fourth-order valence-corrected chi connectivity index (χ4v) is 2.16. The molecule has 0 bridgehead atoms. The average molecular weight is 238 g/mol. The summed E-state index contributed by atoms with van der Waals surface area (Å²) in [6, 6.07) is 2.11. The van der Waals surface area contributed by atoms with E-state index in [0.717, 1.165) is 16.9 Å². The number of halogens is 1. The van der Waals surface area contributed by atoms with E-state index in [0.29, 0.717) is 0 Å². The second-order valence-electron chi connectivity index (χ2n) is 1.82. The van der Waals surface area contributed by atoms with E-state index in [-0.39, 0.29) is 0 Å². The normalized spacial score (nSPS) is 10.2. The Balaban J connectivity index is 2.42. The van der Waals surface area contributed by atoms with E-state index in [2.05, 4.69) is 45.3 Å². The van der Waals surface area contributed by atoms with Crippen LogP contribution in [0.15, 0.2) is 15.9 Å². The molecule has 1 rings (SSSR count). The van der Waals surface area contributed by atoms with E-state index >= 15 is 0 Å². The van der Waals surface area contributed by atoms with Crippen molar-refractivity contribution < 1.29 is 0 Å². The van der Waals surface area contributed by atoms with Crippen LogP contribution >= 0.6 is 39.9 Å². The SMILES string of the molecule is SCNCc1cc(Br)cs1. The molecule has 10 heavy (non-hydrogen) atoms. The maximum absolute atomic E-state index is 4.04. The summed E-state index contributed by atoms with van der Waals surface area (Å²) in [5.74, 6) is 0.732. The Bertz CT molecular complexity index is 199. The summed E-state index contributed by atoms with van der Waals surface area (Å²) in [6.07, 6.45) is 0. The Morgan fingerprint density at radius 3 is 3.00 bits per heavy atom. The zero-order valence-corrected chi connectivity index (χ0v) is 8.60. The highest BCUT2D eigenvalue weighted by Crippen LogP contribution is 2.19. The van der Waals surface area contributed by atoms with Gasteiger partial charge in [0.1, 0.15) is 0 Å². The Morgan fingerprint density at radius 2 is 2.50 bits per heavy atom. The highest BCUT2D eigenvalue weighted by atomic mass is 79.9. The van der Waals surface area contributed by atoms with Crippen molar-refractivity contribution in [2.24, 2.45) is 0 Å². The van der Waals surface area contributed by atoms with E-state index in [1.54, 1.807) is 11.3 Å². The molecule has 56 valence electrons. The molecule has 0 spiro atoms. The Hall–Kier alpha value is 0.490. The summed E-state index contributed by atoms with van der Waals surface area (Å²) in [6.45, 7) is 0.916. The minimum absolute atomic E-state index is 0.732. The summed E-state index contributed by atoms with van der Waals surface area (Å²) in [4.78, 5) is 1.33. The predicted molar refractivity (Wildman–Crippen MR) is 52.7 cm³/mol. The van der Waals surface area contributed by atoms with Crippen molar-refractivity contribution >= 4 is 39.9 Å². The fourth-order valence-electron chi connectivity index (χ4n) is 0.626. The molecule has 0 fully saturated rings. The number of rotatable bonds is 3. The summed E-state index contributed by atoms with van der Waals surface area (Å²) in [7, 11) is 0. The van der Waals surface area contributed by atoms with Gasteiger partial charge in [0.15, 0.2) is 0 Å². The van der Waals surface area contributed by atoms with Gasteiger partial charge in [0.05, 0.1) is 0 Å². The standard InChI is InChI=1S/C6H8BrNS2/c7-5-1-6(10-3-5)2-8-4-9/h1,3,8-9H,2,4H2. The van der Waals surface area contributed by atoms with Gasteiger partial charge in [0, 0.05) is 27.2 Å². The first kappa shape index (κ1) is 8.59. The van der Waals surface area contributed by atoms with Crippen molar-refractivity contribution in [2.45, 2.75) is 6.54 Å². The molecule has 1 heterocycles. The first-order chi connectivity index (χ1) is 4.83. The van der Waals surface area contributed by atoms with Crippen LogP contribution in [0.3, 0.4) is 0 Å². The second kappa shape index (κ2) is 4.38. The summed E-state index contributed by atoms with van der Waals surface area (Å²) in [5.41, 5.74) is 0. The van der Waals surface area contributed by atoms with Crippen molar-refractivity contribution in [3.8, 4) is 0 Å². The van der Waals surface area contributed by atoms with Crippen LogP contribution in [0, 0.1) is 0 Å². The van der Waals surface area contributed by atoms with Crippen molar-refractivity contribution in [3.05, 3.63) is 20.8 Å². The maximum atomic E-state index is 4.04. The van der Waals surface area contributed by atoms with E-state index in [1.165, 1.54) is 4.88 Å². The third-order valence-corrected chi connectivity index (χ3v) is 2.95. The molecule has 0 saturated heterocycles. The van der Waals surface area contributed by atoms with Gasteiger partial charge in [0.25, 0.3) is 0 Å². The minimum atomic E-state index is 0.732. The Labute approximate surface area is 78.4 Å². The largest absolute Gasteiger partial charge is 0.303 e. The zero-order valence-electron chi connectivity index (χ0n) is 5.30. The molecule has 1 nitrogen and oxygen atoms in total. The van der Waals surface area contributed by atoms with Crippen molar-refractivity contribution in [1.82, 2.24) is 5.32 Å². The van der Waals surface area contributed by atoms with Crippen molar-refractivity contribution in [3.63, 3.8) is 0 Å². The Morgan fingerprint density at radius 1 is 1.70 bits per heavy atom. The second-order valence-corrected chi connectivity index (χ2v) is 4.04. The number of hydrogen-bond acceptors (Lipinski definition) is 3. The first-order valence-electron chi connectivity index (χ1n) is 2.87. The highest BCUT2D eigenvalue weighted by Gasteiger charge is 1.94. The molecule has 0 aromatic carbocycles. The lowest BCUT2D eigenvalue weighted by molar-refractivity contribution is 0.811. The third-order valence-electron chi connectivity index (χ3n) is 1.03. The molecule has 0 aliphatic rings. The van der Waals surface area contributed by atoms with Crippen LogP contribution in [-0.4, -0.2) is 5.88 Å². The topological polar surface area (TPSA) is 12.0 Å². The van der Waals surface area contributed by atoms with Gasteiger partial charge in [-0.05, 0) is 22.0 Å². The quantitative estimate of drug-likeness (QED) is 0.609. The third kappa shape index (κ3) is 2.62. The van der Waals surface area contributed by atoms with Crippen LogP contribution in [0.2, 0.25) is 0 Å². The highest BCUT2D eigenvalue weighted by molar-refractivity contribution is 9.10. The van der Waals surface area contributed by atoms with Gasteiger partial charge in [-0.25, -0.2) is 0 Å². The van der Waals surface area contributed by atoms with Gasteiger partial charge in [-0.1, -0.05) is 0 Å². The van der Waals surface area contributed by atoms with E-state index in [9.17, 15) is 0 Å². The monoisotopic (exact) mass is 237 g/mol. The molecular formula is C6H8BrNS2. The van der Waals surface area contributed by atoms with Crippen LogP contribution in [0.4, 0.5) is 0 Å². The molecule has 0 aliphatic heterocycles. The van der Waals surface area contributed by atoms with Crippen LogP contribution in [0.1, 0.15) is 4.88 Å². The molecule has 0 aliphatic carbocycles. The van der Waals surface area contributed by atoms with Crippen LogP contribution in [0.25, 0.3) is 0 Å². The van der Waals surface area contributed by atoms with Gasteiger partial charge >= 0.3 is 0 Å². The molecule has 0 atom stereocenters. The van der Waals surface area contributed by atoms with Crippen LogP contribution in [0.5, 0.6) is 0 Å². The summed E-state index contributed by atoms with van der Waals surface area (Å²) < 4.78 is 1.16. The molecule has 0 unspecified atom stereocenters. The maximum Gasteiger partial charge on any atom is 0.0390 e. The van der Waals surface area contributed by atoms with Gasteiger partial charge in [0.2, 0.25) is 0 Å².